The highest BCUT2D eigenvalue weighted by atomic mass is 16.3. The van der Waals surface area contributed by atoms with E-state index in [9.17, 15) is 14.7 Å². The topological polar surface area (TPSA) is 73.4 Å². The molecule has 1 aromatic rings. The Bertz CT molecular complexity index is 481. The minimum Gasteiger partial charge on any atom is -0.393 e. The van der Waals surface area contributed by atoms with Crippen LogP contribution in [0.1, 0.15) is 36.5 Å². The Labute approximate surface area is 105 Å². The summed E-state index contributed by atoms with van der Waals surface area (Å²) in [5.41, 5.74) is -0.0866. The number of aliphatic hydroxyl groups excluding tert-OH is 1. The SMILES string of the molecule is CC(O)CC1CCCN1C(=O)c1c[nH]ccc1=O. The summed E-state index contributed by atoms with van der Waals surface area (Å²) in [5.74, 6) is -0.236. The Morgan fingerprint density at radius 3 is 3.11 bits per heavy atom. The van der Waals surface area contributed by atoms with Crippen LogP contribution < -0.4 is 5.43 Å². The Kier molecular flexibility index (Phi) is 3.81. The minimum absolute atomic E-state index is 0.0390. The molecule has 0 spiro atoms. The number of nitrogens with zero attached hydrogens (tertiary/aromatic N) is 1. The molecule has 98 valence electrons. The van der Waals surface area contributed by atoms with Gasteiger partial charge >= 0.3 is 0 Å². The van der Waals surface area contributed by atoms with E-state index in [0.717, 1.165) is 12.8 Å². The summed E-state index contributed by atoms with van der Waals surface area (Å²) in [6.45, 7) is 2.38. The molecule has 1 saturated heterocycles. The van der Waals surface area contributed by atoms with Crippen LogP contribution in [0.25, 0.3) is 0 Å². The molecule has 0 radical (unpaired) electrons. The highest BCUT2D eigenvalue weighted by Gasteiger charge is 2.30. The molecule has 0 aliphatic carbocycles. The van der Waals surface area contributed by atoms with Gasteiger partial charge in [0.05, 0.1) is 6.10 Å². The highest BCUT2D eigenvalue weighted by Crippen LogP contribution is 2.22. The normalized spacial score (nSPS) is 21.0. The summed E-state index contributed by atoms with van der Waals surface area (Å²) in [5, 5.41) is 9.43. The lowest BCUT2D eigenvalue weighted by molar-refractivity contribution is 0.0680. The lowest BCUT2D eigenvalue weighted by atomic mass is 10.1. The van der Waals surface area contributed by atoms with Crippen molar-refractivity contribution in [2.24, 2.45) is 0 Å². The number of hydrogen-bond acceptors (Lipinski definition) is 3. The zero-order chi connectivity index (χ0) is 13.1. The van der Waals surface area contributed by atoms with Gasteiger partial charge < -0.3 is 15.0 Å². The van der Waals surface area contributed by atoms with Crippen molar-refractivity contribution in [3.8, 4) is 0 Å². The molecular formula is C13H18N2O3. The van der Waals surface area contributed by atoms with Crippen LogP contribution in [0.15, 0.2) is 23.3 Å². The van der Waals surface area contributed by atoms with E-state index in [1.54, 1.807) is 11.8 Å². The number of aromatic amines is 1. The Hall–Kier alpha value is -1.62. The van der Waals surface area contributed by atoms with Gasteiger partial charge in [-0.25, -0.2) is 0 Å². The van der Waals surface area contributed by atoms with Crippen LogP contribution in [0.2, 0.25) is 0 Å². The summed E-state index contributed by atoms with van der Waals surface area (Å²) in [4.78, 5) is 28.4. The summed E-state index contributed by atoms with van der Waals surface area (Å²) in [7, 11) is 0. The van der Waals surface area contributed by atoms with Gasteiger partial charge in [-0.3, -0.25) is 9.59 Å². The number of amides is 1. The molecule has 2 unspecified atom stereocenters. The summed E-state index contributed by atoms with van der Waals surface area (Å²) in [6, 6.07) is 1.39. The molecule has 1 aliphatic heterocycles. The van der Waals surface area contributed by atoms with E-state index in [1.165, 1.54) is 18.5 Å². The van der Waals surface area contributed by atoms with Gasteiger partial charge in [0.15, 0.2) is 5.43 Å². The van der Waals surface area contributed by atoms with Crippen LogP contribution >= 0.6 is 0 Å². The van der Waals surface area contributed by atoms with Crippen molar-refractivity contribution in [2.75, 3.05) is 6.54 Å². The first kappa shape index (κ1) is 12.8. The van der Waals surface area contributed by atoms with Crippen molar-refractivity contribution >= 4 is 5.91 Å². The Balaban J connectivity index is 2.18. The van der Waals surface area contributed by atoms with Crippen molar-refractivity contribution in [2.45, 2.75) is 38.3 Å². The minimum atomic E-state index is -0.433. The van der Waals surface area contributed by atoms with Crippen LogP contribution in [-0.2, 0) is 0 Å². The van der Waals surface area contributed by atoms with Gasteiger partial charge in [0.1, 0.15) is 5.56 Å². The van der Waals surface area contributed by atoms with E-state index < -0.39 is 6.10 Å². The smallest absolute Gasteiger partial charge is 0.259 e. The summed E-state index contributed by atoms with van der Waals surface area (Å²) < 4.78 is 0. The van der Waals surface area contributed by atoms with Crippen LogP contribution in [-0.4, -0.2) is 39.6 Å². The van der Waals surface area contributed by atoms with Crippen molar-refractivity contribution < 1.29 is 9.90 Å². The molecule has 1 aliphatic rings. The number of nitrogens with one attached hydrogen (secondary N) is 1. The third-order valence-electron chi connectivity index (χ3n) is 3.31. The molecule has 18 heavy (non-hydrogen) atoms. The molecule has 0 saturated carbocycles. The maximum absolute atomic E-state index is 12.3. The number of aromatic nitrogens is 1. The fourth-order valence-electron chi connectivity index (χ4n) is 2.48. The van der Waals surface area contributed by atoms with Crippen molar-refractivity contribution in [1.29, 1.82) is 0 Å². The number of rotatable bonds is 3. The second kappa shape index (κ2) is 5.35. The third kappa shape index (κ3) is 2.61. The van der Waals surface area contributed by atoms with E-state index >= 15 is 0 Å². The lowest BCUT2D eigenvalue weighted by Crippen LogP contribution is -2.39. The van der Waals surface area contributed by atoms with Gasteiger partial charge in [-0.1, -0.05) is 0 Å². The number of H-pyrrole nitrogens is 1. The number of carbonyl (C=O) groups excluding carboxylic acids is 1. The first-order valence-corrected chi connectivity index (χ1v) is 6.25. The fraction of sp³-hybridized carbons (Fsp3) is 0.538. The van der Waals surface area contributed by atoms with E-state index in [-0.39, 0.29) is 22.9 Å². The third-order valence-corrected chi connectivity index (χ3v) is 3.31. The Morgan fingerprint density at radius 2 is 2.44 bits per heavy atom. The molecular weight excluding hydrogens is 232 g/mol. The van der Waals surface area contributed by atoms with Crippen LogP contribution in [0, 0.1) is 0 Å². The maximum Gasteiger partial charge on any atom is 0.259 e. The molecule has 2 heterocycles. The maximum atomic E-state index is 12.3. The average molecular weight is 250 g/mol. The number of hydrogen-bond donors (Lipinski definition) is 2. The van der Waals surface area contributed by atoms with Gasteiger partial charge in [0.2, 0.25) is 0 Å². The van der Waals surface area contributed by atoms with Gasteiger partial charge in [0, 0.05) is 31.0 Å². The molecule has 1 fully saturated rings. The number of aliphatic hydroxyl groups is 1. The zero-order valence-corrected chi connectivity index (χ0v) is 10.4. The molecule has 2 atom stereocenters. The second-order valence-corrected chi connectivity index (χ2v) is 4.80. The number of carbonyl (C=O) groups is 1. The van der Waals surface area contributed by atoms with Gasteiger partial charge in [-0.2, -0.15) is 0 Å². The second-order valence-electron chi connectivity index (χ2n) is 4.80. The van der Waals surface area contributed by atoms with Crippen molar-refractivity contribution in [1.82, 2.24) is 9.88 Å². The first-order valence-electron chi connectivity index (χ1n) is 6.25. The molecule has 0 aromatic carbocycles. The first-order chi connectivity index (χ1) is 8.59. The quantitative estimate of drug-likeness (QED) is 0.831. The zero-order valence-electron chi connectivity index (χ0n) is 10.4. The molecule has 5 nitrogen and oxygen atoms in total. The average Bonchev–Trinajstić information content (AvgIpc) is 2.76. The number of likely N-dealkylation sites (tertiary alicyclic amines) is 1. The molecule has 2 rings (SSSR count). The van der Waals surface area contributed by atoms with Gasteiger partial charge in [-0.15, -0.1) is 0 Å². The van der Waals surface area contributed by atoms with Gasteiger partial charge in [0.25, 0.3) is 5.91 Å². The van der Waals surface area contributed by atoms with Crippen LogP contribution in [0.4, 0.5) is 0 Å². The Morgan fingerprint density at radius 1 is 1.67 bits per heavy atom. The molecule has 0 bridgehead atoms. The predicted octanol–water partition coefficient (Wildman–Crippen LogP) is 0.750. The van der Waals surface area contributed by atoms with Crippen molar-refractivity contribution in [3.63, 3.8) is 0 Å². The van der Waals surface area contributed by atoms with Crippen LogP contribution in [0.3, 0.4) is 0 Å². The van der Waals surface area contributed by atoms with Crippen LogP contribution in [0.5, 0.6) is 0 Å². The highest BCUT2D eigenvalue weighted by molar-refractivity contribution is 5.94. The predicted molar refractivity (Wildman–Crippen MR) is 67.4 cm³/mol. The monoisotopic (exact) mass is 250 g/mol. The van der Waals surface area contributed by atoms with Crippen molar-refractivity contribution in [3.05, 3.63) is 34.2 Å². The fourth-order valence-corrected chi connectivity index (χ4v) is 2.48. The van der Waals surface area contributed by atoms with E-state index in [2.05, 4.69) is 4.98 Å². The molecule has 5 heteroatoms. The summed E-state index contributed by atoms with van der Waals surface area (Å²) in [6.07, 6.45) is 4.90. The number of pyridine rings is 1. The van der Waals surface area contributed by atoms with E-state index in [0.29, 0.717) is 13.0 Å². The van der Waals surface area contributed by atoms with E-state index in [4.69, 9.17) is 0 Å². The standard InChI is InChI=1S/C13H18N2O3/c1-9(16)7-10-3-2-6-15(10)13(18)11-8-14-5-4-12(11)17/h4-5,8-10,16H,2-3,6-7H2,1H3,(H,14,17). The summed E-state index contributed by atoms with van der Waals surface area (Å²) >= 11 is 0. The molecule has 1 aromatic heterocycles. The molecule has 2 N–H and O–H groups in total. The largest absolute Gasteiger partial charge is 0.393 e. The lowest BCUT2D eigenvalue weighted by Gasteiger charge is -2.25. The van der Waals surface area contributed by atoms with Gasteiger partial charge in [-0.05, 0) is 26.2 Å². The van der Waals surface area contributed by atoms with E-state index in [1.807, 2.05) is 0 Å². The molecule has 1 amide bonds.